The number of nitrogens with one attached hydrogen (secondary N) is 1. The molecule has 0 radical (unpaired) electrons. The van der Waals surface area contributed by atoms with Crippen molar-refractivity contribution in [1.82, 2.24) is 0 Å². The van der Waals surface area contributed by atoms with E-state index in [9.17, 15) is 0 Å². The maximum absolute atomic E-state index is 8.11. The molecule has 1 nitrogen and oxygen atoms in total. The van der Waals surface area contributed by atoms with Crippen LogP contribution in [0.25, 0.3) is 0 Å². The van der Waals surface area contributed by atoms with Gasteiger partial charge in [-0.05, 0) is 43.0 Å². The Kier molecular flexibility index (Phi) is 3.23. The lowest BCUT2D eigenvalue weighted by Crippen LogP contribution is -2.03. The Bertz CT molecular complexity index is 364. The van der Waals surface area contributed by atoms with Crippen LogP contribution in [0.5, 0.6) is 0 Å². The summed E-state index contributed by atoms with van der Waals surface area (Å²) in [5.74, 6) is -0.0941. The van der Waals surface area contributed by atoms with Crippen LogP contribution in [0.3, 0.4) is 0 Å². The van der Waals surface area contributed by atoms with Gasteiger partial charge >= 0.3 is 0 Å². The summed E-state index contributed by atoms with van der Waals surface area (Å²) < 4.78 is 16.2. The van der Waals surface area contributed by atoms with E-state index in [-0.39, 0.29) is 5.92 Å². The molecule has 0 atom stereocenters. The SMILES string of the molecule is [2H]C([2H])(c1cc(Cl)ccc1NCC)C(C)C. The zero-order valence-electron chi connectivity index (χ0n) is 10.9. The average molecular weight is 214 g/mol. The van der Waals surface area contributed by atoms with Crippen LogP contribution in [-0.2, 0) is 6.37 Å². The van der Waals surface area contributed by atoms with E-state index in [2.05, 4.69) is 5.32 Å². The molecule has 0 saturated carbocycles. The number of hydrogen-bond donors (Lipinski definition) is 1. The van der Waals surface area contributed by atoms with E-state index in [0.717, 1.165) is 12.2 Å². The van der Waals surface area contributed by atoms with Gasteiger partial charge < -0.3 is 5.32 Å². The van der Waals surface area contributed by atoms with Crippen LogP contribution in [-0.4, -0.2) is 6.54 Å². The molecule has 0 unspecified atom stereocenters. The van der Waals surface area contributed by atoms with E-state index in [1.807, 2.05) is 26.8 Å². The molecular weight excluding hydrogens is 194 g/mol. The fourth-order valence-electron chi connectivity index (χ4n) is 1.29. The van der Waals surface area contributed by atoms with E-state index >= 15 is 0 Å². The highest BCUT2D eigenvalue weighted by Gasteiger charge is 2.04. The largest absolute Gasteiger partial charge is 0.385 e. The van der Waals surface area contributed by atoms with Gasteiger partial charge in [0.2, 0.25) is 0 Å². The fourth-order valence-corrected chi connectivity index (χ4v) is 1.46. The number of halogens is 1. The second kappa shape index (κ2) is 5.26. The van der Waals surface area contributed by atoms with Crippen molar-refractivity contribution in [1.29, 1.82) is 0 Å². The zero-order chi connectivity index (χ0) is 12.3. The van der Waals surface area contributed by atoms with Crippen LogP contribution >= 0.6 is 11.6 Å². The molecule has 1 aromatic carbocycles. The third kappa shape index (κ3) is 3.22. The minimum atomic E-state index is -1.37. The molecular formula is C12H18ClN. The second-order valence-electron chi connectivity index (χ2n) is 3.52. The molecule has 1 aromatic rings. The maximum Gasteiger partial charge on any atom is 0.0410 e. The Hall–Kier alpha value is -0.690. The molecule has 2 heteroatoms. The summed E-state index contributed by atoms with van der Waals surface area (Å²) in [5, 5.41) is 3.74. The summed E-state index contributed by atoms with van der Waals surface area (Å²) in [7, 11) is 0. The Morgan fingerprint density at radius 1 is 1.50 bits per heavy atom. The van der Waals surface area contributed by atoms with Crippen LogP contribution < -0.4 is 5.32 Å². The highest BCUT2D eigenvalue weighted by Crippen LogP contribution is 2.23. The molecule has 0 aromatic heterocycles. The first-order valence-electron chi connectivity index (χ1n) is 5.93. The third-order valence-electron chi connectivity index (χ3n) is 1.79. The van der Waals surface area contributed by atoms with Gasteiger partial charge in [0.15, 0.2) is 0 Å². The monoisotopic (exact) mass is 213 g/mol. The predicted octanol–water partition coefficient (Wildman–Crippen LogP) is 3.97. The van der Waals surface area contributed by atoms with Crippen molar-refractivity contribution < 1.29 is 2.74 Å². The zero-order valence-corrected chi connectivity index (χ0v) is 9.65. The first-order chi connectivity index (χ1) is 7.39. The Balaban J connectivity index is 3.23. The molecule has 0 saturated heterocycles. The first-order valence-corrected chi connectivity index (χ1v) is 5.31. The van der Waals surface area contributed by atoms with Crippen LogP contribution in [0.4, 0.5) is 5.69 Å². The molecule has 14 heavy (non-hydrogen) atoms. The van der Waals surface area contributed by atoms with E-state index < -0.39 is 6.37 Å². The van der Waals surface area contributed by atoms with Gasteiger partial charge in [-0.3, -0.25) is 0 Å². The summed E-state index contributed by atoms with van der Waals surface area (Å²) in [6.07, 6.45) is -1.37. The Morgan fingerprint density at radius 3 is 2.79 bits per heavy atom. The first kappa shape index (κ1) is 8.60. The van der Waals surface area contributed by atoms with E-state index in [1.54, 1.807) is 12.1 Å². The third-order valence-corrected chi connectivity index (χ3v) is 2.03. The molecule has 0 bridgehead atoms. The summed E-state index contributed by atoms with van der Waals surface area (Å²) in [4.78, 5) is 0. The summed E-state index contributed by atoms with van der Waals surface area (Å²) in [6, 6.07) is 5.32. The van der Waals surface area contributed by atoms with Crippen LogP contribution in [0.15, 0.2) is 18.2 Å². The topological polar surface area (TPSA) is 12.0 Å². The van der Waals surface area contributed by atoms with Gasteiger partial charge in [-0.1, -0.05) is 25.4 Å². The van der Waals surface area contributed by atoms with Gasteiger partial charge in [0.1, 0.15) is 0 Å². The average Bonchev–Trinajstić information content (AvgIpc) is 2.20. The van der Waals surface area contributed by atoms with E-state index in [1.165, 1.54) is 0 Å². The van der Waals surface area contributed by atoms with E-state index in [4.69, 9.17) is 14.3 Å². The summed E-state index contributed by atoms with van der Waals surface area (Å²) >= 11 is 5.93. The molecule has 0 aliphatic heterocycles. The van der Waals surface area contributed by atoms with Gasteiger partial charge in [-0.15, -0.1) is 0 Å². The fraction of sp³-hybridized carbons (Fsp3) is 0.500. The lowest BCUT2D eigenvalue weighted by Gasteiger charge is -2.12. The molecule has 1 N–H and O–H groups in total. The number of anilines is 1. The minimum Gasteiger partial charge on any atom is -0.385 e. The Morgan fingerprint density at radius 2 is 2.21 bits per heavy atom. The molecule has 0 amide bonds. The maximum atomic E-state index is 8.11. The predicted molar refractivity (Wildman–Crippen MR) is 64.2 cm³/mol. The van der Waals surface area contributed by atoms with Crippen molar-refractivity contribution in [2.75, 3.05) is 11.9 Å². The quantitative estimate of drug-likeness (QED) is 0.798. The molecule has 0 aliphatic rings. The lowest BCUT2D eigenvalue weighted by molar-refractivity contribution is 0.648. The van der Waals surface area contributed by atoms with Crippen LogP contribution in [0.2, 0.25) is 5.02 Å². The minimum absolute atomic E-state index is 0.0941. The van der Waals surface area contributed by atoms with E-state index in [0.29, 0.717) is 10.6 Å². The highest BCUT2D eigenvalue weighted by molar-refractivity contribution is 6.30. The summed E-state index contributed by atoms with van der Waals surface area (Å²) in [6.45, 7) is 6.50. The van der Waals surface area contributed by atoms with Gasteiger partial charge in [-0.2, -0.15) is 0 Å². The van der Waals surface area contributed by atoms with Crippen LogP contribution in [0.1, 0.15) is 29.1 Å². The van der Waals surface area contributed by atoms with Crippen molar-refractivity contribution in [3.8, 4) is 0 Å². The normalized spacial score (nSPS) is 13.8. The van der Waals surface area contributed by atoms with Crippen LogP contribution in [0, 0.1) is 5.92 Å². The standard InChI is InChI=1S/C12H18ClN/c1-4-14-12-6-5-11(13)8-10(12)7-9(2)3/h5-6,8-9,14H,4,7H2,1-3H3/i7D2. The van der Waals surface area contributed by atoms with Crippen molar-refractivity contribution in [2.24, 2.45) is 5.92 Å². The van der Waals surface area contributed by atoms with Crippen molar-refractivity contribution >= 4 is 17.3 Å². The lowest BCUT2D eigenvalue weighted by atomic mass is 10.0. The number of rotatable bonds is 4. The molecule has 0 spiro atoms. The summed E-state index contributed by atoms with van der Waals surface area (Å²) in [5.41, 5.74) is 1.46. The molecule has 0 aliphatic carbocycles. The highest BCUT2D eigenvalue weighted by atomic mass is 35.5. The molecule has 0 heterocycles. The molecule has 78 valence electrons. The Labute approximate surface area is 94.3 Å². The number of benzene rings is 1. The van der Waals surface area contributed by atoms with Crippen molar-refractivity contribution in [3.63, 3.8) is 0 Å². The van der Waals surface area contributed by atoms with Gasteiger partial charge in [0.25, 0.3) is 0 Å². The van der Waals surface area contributed by atoms with Gasteiger partial charge in [0.05, 0.1) is 0 Å². The number of hydrogen-bond acceptors (Lipinski definition) is 1. The van der Waals surface area contributed by atoms with Crippen molar-refractivity contribution in [2.45, 2.75) is 27.1 Å². The second-order valence-corrected chi connectivity index (χ2v) is 3.96. The van der Waals surface area contributed by atoms with Gasteiger partial charge in [-0.25, -0.2) is 0 Å². The van der Waals surface area contributed by atoms with Gasteiger partial charge in [0, 0.05) is 20.0 Å². The smallest absolute Gasteiger partial charge is 0.0410 e. The molecule has 1 rings (SSSR count). The van der Waals surface area contributed by atoms with Crippen molar-refractivity contribution in [3.05, 3.63) is 28.8 Å². The molecule has 0 fully saturated rings.